The fourth-order valence-electron chi connectivity index (χ4n) is 1.41. The minimum atomic E-state index is -0.822. The standard InChI is InChI=1S/C11H18N2O3/c1-3-4-5-9(11(14)15)12-7-10-13-6-8(2)16-10/h6,9,12H,3-5,7H2,1-2H3,(H,14,15). The fourth-order valence-corrected chi connectivity index (χ4v) is 1.41. The number of nitrogens with one attached hydrogen (secondary N) is 1. The van der Waals surface area contributed by atoms with E-state index in [0.717, 1.165) is 18.6 Å². The van der Waals surface area contributed by atoms with Gasteiger partial charge in [0, 0.05) is 0 Å². The predicted molar refractivity (Wildman–Crippen MR) is 59.0 cm³/mol. The second-order valence-electron chi connectivity index (χ2n) is 3.78. The van der Waals surface area contributed by atoms with Gasteiger partial charge >= 0.3 is 5.97 Å². The first-order valence-electron chi connectivity index (χ1n) is 5.51. The van der Waals surface area contributed by atoms with E-state index in [1.165, 1.54) is 0 Å². The summed E-state index contributed by atoms with van der Waals surface area (Å²) in [7, 11) is 0. The Kier molecular flexibility index (Phi) is 4.98. The largest absolute Gasteiger partial charge is 0.480 e. The van der Waals surface area contributed by atoms with Gasteiger partial charge in [-0.05, 0) is 13.3 Å². The van der Waals surface area contributed by atoms with Crippen molar-refractivity contribution in [1.82, 2.24) is 10.3 Å². The molecule has 1 heterocycles. The van der Waals surface area contributed by atoms with Gasteiger partial charge in [0.2, 0.25) is 5.89 Å². The summed E-state index contributed by atoms with van der Waals surface area (Å²) in [4.78, 5) is 14.9. The van der Waals surface area contributed by atoms with Gasteiger partial charge in [-0.25, -0.2) is 4.98 Å². The summed E-state index contributed by atoms with van der Waals surface area (Å²) in [6.07, 6.45) is 4.14. The van der Waals surface area contributed by atoms with Gasteiger partial charge in [-0.3, -0.25) is 10.1 Å². The van der Waals surface area contributed by atoms with E-state index in [4.69, 9.17) is 9.52 Å². The van der Waals surface area contributed by atoms with Crippen LogP contribution in [0.15, 0.2) is 10.6 Å². The molecule has 1 rings (SSSR count). The normalized spacial score (nSPS) is 12.6. The molecule has 0 aliphatic carbocycles. The summed E-state index contributed by atoms with van der Waals surface area (Å²) < 4.78 is 5.25. The van der Waals surface area contributed by atoms with E-state index in [1.54, 1.807) is 6.20 Å². The number of hydrogen-bond acceptors (Lipinski definition) is 4. The average Bonchev–Trinajstić information content (AvgIpc) is 2.64. The molecule has 0 aromatic carbocycles. The van der Waals surface area contributed by atoms with Gasteiger partial charge in [-0.15, -0.1) is 0 Å². The molecule has 0 amide bonds. The molecular weight excluding hydrogens is 208 g/mol. The predicted octanol–water partition coefficient (Wildman–Crippen LogP) is 1.72. The number of aliphatic carboxylic acids is 1. The molecule has 1 aromatic heterocycles. The summed E-state index contributed by atoms with van der Waals surface area (Å²) in [6.45, 7) is 4.20. The van der Waals surface area contributed by atoms with Gasteiger partial charge in [-0.2, -0.15) is 0 Å². The topological polar surface area (TPSA) is 75.4 Å². The Hall–Kier alpha value is -1.36. The third-order valence-electron chi connectivity index (χ3n) is 2.31. The van der Waals surface area contributed by atoms with Gasteiger partial charge in [-0.1, -0.05) is 19.8 Å². The number of unbranched alkanes of at least 4 members (excludes halogenated alkanes) is 1. The van der Waals surface area contributed by atoms with Crippen LogP contribution >= 0.6 is 0 Å². The first-order valence-corrected chi connectivity index (χ1v) is 5.51. The second-order valence-corrected chi connectivity index (χ2v) is 3.78. The minimum absolute atomic E-state index is 0.356. The Bertz CT molecular complexity index is 336. The summed E-state index contributed by atoms with van der Waals surface area (Å²) in [5.74, 6) is 0.439. The molecular formula is C11H18N2O3. The number of carboxylic acid groups (broad SMARTS) is 1. The number of nitrogens with zero attached hydrogens (tertiary/aromatic N) is 1. The molecule has 0 aliphatic rings. The van der Waals surface area contributed by atoms with Crippen molar-refractivity contribution in [2.24, 2.45) is 0 Å². The maximum absolute atomic E-state index is 10.9. The lowest BCUT2D eigenvalue weighted by atomic mass is 10.1. The van der Waals surface area contributed by atoms with E-state index in [-0.39, 0.29) is 0 Å². The van der Waals surface area contributed by atoms with Gasteiger partial charge in [0.1, 0.15) is 11.8 Å². The molecule has 5 heteroatoms. The third-order valence-corrected chi connectivity index (χ3v) is 2.31. The SMILES string of the molecule is CCCCC(NCc1ncc(C)o1)C(=O)O. The molecule has 5 nitrogen and oxygen atoms in total. The third kappa shape index (κ3) is 4.02. The molecule has 0 saturated heterocycles. The van der Waals surface area contributed by atoms with Crippen LogP contribution < -0.4 is 5.32 Å². The number of aryl methyl sites for hydroxylation is 1. The second kappa shape index (κ2) is 6.27. The van der Waals surface area contributed by atoms with Crippen molar-refractivity contribution in [1.29, 1.82) is 0 Å². The van der Waals surface area contributed by atoms with Crippen LogP contribution in [-0.2, 0) is 11.3 Å². The molecule has 0 aliphatic heterocycles. The quantitative estimate of drug-likeness (QED) is 0.740. The Morgan fingerprint density at radius 3 is 2.94 bits per heavy atom. The van der Waals surface area contributed by atoms with Crippen LogP contribution in [0.2, 0.25) is 0 Å². The van der Waals surface area contributed by atoms with Gasteiger partial charge < -0.3 is 9.52 Å². The van der Waals surface area contributed by atoms with Crippen LogP contribution in [0.3, 0.4) is 0 Å². The van der Waals surface area contributed by atoms with Crippen molar-refractivity contribution in [3.8, 4) is 0 Å². The molecule has 0 bridgehead atoms. The van der Waals surface area contributed by atoms with Crippen molar-refractivity contribution in [2.45, 2.75) is 45.7 Å². The van der Waals surface area contributed by atoms with Gasteiger partial charge in [0.15, 0.2) is 0 Å². The number of oxazole rings is 1. The highest BCUT2D eigenvalue weighted by Crippen LogP contribution is 2.04. The highest BCUT2D eigenvalue weighted by molar-refractivity contribution is 5.73. The smallest absolute Gasteiger partial charge is 0.320 e. The number of carbonyl (C=O) groups is 1. The van der Waals surface area contributed by atoms with Crippen molar-refractivity contribution in [3.05, 3.63) is 17.8 Å². The Morgan fingerprint density at radius 2 is 2.44 bits per heavy atom. The lowest BCUT2D eigenvalue weighted by Gasteiger charge is -2.12. The van der Waals surface area contributed by atoms with Crippen LogP contribution in [0, 0.1) is 6.92 Å². The van der Waals surface area contributed by atoms with Crippen molar-refractivity contribution >= 4 is 5.97 Å². The van der Waals surface area contributed by atoms with Crippen LogP contribution in [0.1, 0.15) is 37.8 Å². The summed E-state index contributed by atoms with van der Waals surface area (Å²) >= 11 is 0. The van der Waals surface area contributed by atoms with Crippen molar-refractivity contribution in [3.63, 3.8) is 0 Å². The van der Waals surface area contributed by atoms with Gasteiger partial charge in [0.25, 0.3) is 0 Å². The molecule has 2 N–H and O–H groups in total. The van der Waals surface area contributed by atoms with Crippen molar-refractivity contribution in [2.75, 3.05) is 0 Å². The van der Waals surface area contributed by atoms with E-state index >= 15 is 0 Å². The number of carboxylic acids is 1. The molecule has 0 radical (unpaired) electrons. The summed E-state index contributed by atoms with van der Waals surface area (Å²) in [6, 6.07) is -0.521. The molecule has 1 atom stereocenters. The van der Waals surface area contributed by atoms with E-state index in [9.17, 15) is 4.79 Å². The number of rotatable bonds is 7. The highest BCUT2D eigenvalue weighted by Gasteiger charge is 2.16. The maximum Gasteiger partial charge on any atom is 0.320 e. The molecule has 90 valence electrons. The zero-order valence-corrected chi connectivity index (χ0v) is 9.69. The molecule has 0 spiro atoms. The molecule has 16 heavy (non-hydrogen) atoms. The first kappa shape index (κ1) is 12.7. The molecule has 0 fully saturated rings. The Morgan fingerprint density at radius 1 is 1.69 bits per heavy atom. The number of aromatic nitrogens is 1. The lowest BCUT2D eigenvalue weighted by molar-refractivity contribution is -0.139. The maximum atomic E-state index is 10.9. The molecule has 0 saturated carbocycles. The molecule has 1 unspecified atom stereocenters. The van der Waals surface area contributed by atoms with Crippen LogP contribution in [0.4, 0.5) is 0 Å². The van der Waals surface area contributed by atoms with Crippen LogP contribution in [0.5, 0.6) is 0 Å². The Labute approximate surface area is 94.9 Å². The van der Waals surface area contributed by atoms with Gasteiger partial charge in [0.05, 0.1) is 12.7 Å². The Balaban J connectivity index is 2.40. The zero-order valence-electron chi connectivity index (χ0n) is 9.69. The average molecular weight is 226 g/mol. The van der Waals surface area contributed by atoms with Crippen LogP contribution in [-0.4, -0.2) is 22.1 Å². The van der Waals surface area contributed by atoms with E-state index < -0.39 is 12.0 Å². The summed E-state index contributed by atoms with van der Waals surface area (Å²) in [5.41, 5.74) is 0. The lowest BCUT2D eigenvalue weighted by Crippen LogP contribution is -2.36. The highest BCUT2D eigenvalue weighted by atomic mass is 16.4. The fraction of sp³-hybridized carbons (Fsp3) is 0.636. The minimum Gasteiger partial charge on any atom is -0.480 e. The first-order chi connectivity index (χ1) is 7.63. The zero-order chi connectivity index (χ0) is 12.0. The van der Waals surface area contributed by atoms with E-state index in [2.05, 4.69) is 10.3 Å². The molecule has 1 aromatic rings. The van der Waals surface area contributed by atoms with E-state index in [0.29, 0.717) is 18.9 Å². The summed E-state index contributed by atoms with van der Waals surface area (Å²) in [5, 5.41) is 11.9. The van der Waals surface area contributed by atoms with Crippen molar-refractivity contribution < 1.29 is 14.3 Å². The number of hydrogen-bond donors (Lipinski definition) is 2. The van der Waals surface area contributed by atoms with Crippen LogP contribution in [0.25, 0.3) is 0 Å². The van der Waals surface area contributed by atoms with E-state index in [1.807, 2.05) is 13.8 Å². The monoisotopic (exact) mass is 226 g/mol.